The molecule has 0 saturated carbocycles. The maximum atomic E-state index is 13.6. The van der Waals surface area contributed by atoms with Gasteiger partial charge in [-0.3, -0.25) is 19.4 Å². The minimum Gasteiger partial charge on any atom is -0.493 e. The highest BCUT2D eigenvalue weighted by Crippen LogP contribution is 2.58. The molecule has 0 aliphatic carbocycles. The quantitative estimate of drug-likeness (QED) is 0.217. The SMILES string of the molecule is COCOc1c(OC)c(C)cc2c1[C@H]1C3Cc4c(OC(C)=O)c(C)c5c(c4[C@H](CNC(=O)[C@@H](C)NC(=O)OC(C)(C)C)N3[C@@H](C#N)[C@H](C2)N1C)OCO5. The molecule has 2 bridgehead atoms. The number of methoxy groups -OCH3 is 2. The fourth-order valence-corrected chi connectivity index (χ4v) is 8.45. The van der Waals surface area contributed by atoms with Gasteiger partial charge in [-0.2, -0.15) is 5.26 Å². The third-order valence-corrected chi connectivity index (χ3v) is 10.4. The van der Waals surface area contributed by atoms with Crippen LogP contribution in [-0.4, -0.2) is 98.9 Å². The monoisotopic (exact) mass is 735 g/mol. The predicted molar refractivity (Wildman–Crippen MR) is 190 cm³/mol. The lowest BCUT2D eigenvalue weighted by Gasteiger charge is -2.60. The van der Waals surface area contributed by atoms with E-state index in [-0.39, 0.29) is 32.2 Å². The first kappa shape index (κ1) is 38.0. The summed E-state index contributed by atoms with van der Waals surface area (Å²) in [6.07, 6.45) is 0.182. The van der Waals surface area contributed by atoms with Gasteiger partial charge in [-0.05, 0) is 72.6 Å². The highest BCUT2D eigenvalue weighted by Gasteiger charge is 2.57. The smallest absolute Gasteiger partial charge is 0.408 e. The molecule has 15 heteroatoms. The number of rotatable bonds is 9. The molecule has 6 rings (SSSR count). The summed E-state index contributed by atoms with van der Waals surface area (Å²) in [6, 6.07) is 1.53. The molecule has 53 heavy (non-hydrogen) atoms. The van der Waals surface area contributed by atoms with Crippen LogP contribution in [0.2, 0.25) is 0 Å². The molecule has 15 nitrogen and oxygen atoms in total. The maximum absolute atomic E-state index is 13.6. The van der Waals surface area contributed by atoms with Crippen molar-refractivity contribution < 1.29 is 47.5 Å². The second kappa shape index (κ2) is 14.6. The highest BCUT2D eigenvalue weighted by atomic mass is 16.7. The van der Waals surface area contributed by atoms with Crippen molar-refractivity contribution in [2.75, 3.05) is 41.4 Å². The number of benzene rings is 2. The number of likely N-dealkylation sites (N-methyl/N-ethyl adjacent to an activating group) is 1. The van der Waals surface area contributed by atoms with Crippen molar-refractivity contribution in [3.05, 3.63) is 39.4 Å². The Morgan fingerprint density at radius 2 is 1.77 bits per heavy atom. The molecule has 2 amide bonds. The van der Waals surface area contributed by atoms with Gasteiger partial charge in [-0.1, -0.05) is 6.07 Å². The zero-order valence-electron chi connectivity index (χ0n) is 32.0. The number of fused-ring (bicyclic) bond motifs is 9. The van der Waals surface area contributed by atoms with E-state index in [9.17, 15) is 19.6 Å². The van der Waals surface area contributed by atoms with Crippen LogP contribution in [-0.2, 0) is 31.9 Å². The molecule has 4 aliphatic rings. The number of nitriles is 1. The van der Waals surface area contributed by atoms with Crippen molar-refractivity contribution in [3.63, 3.8) is 0 Å². The Kier molecular flexibility index (Phi) is 10.4. The van der Waals surface area contributed by atoms with Crippen LogP contribution < -0.4 is 34.3 Å². The van der Waals surface area contributed by atoms with Gasteiger partial charge in [0.05, 0.1) is 25.3 Å². The van der Waals surface area contributed by atoms with Crippen LogP contribution in [0.25, 0.3) is 0 Å². The number of carbonyl (C=O) groups excluding carboxylic acids is 3. The van der Waals surface area contributed by atoms with E-state index in [0.29, 0.717) is 52.7 Å². The number of piperazine rings is 1. The van der Waals surface area contributed by atoms with Crippen LogP contribution >= 0.6 is 0 Å². The van der Waals surface area contributed by atoms with E-state index >= 15 is 0 Å². The van der Waals surface area contributed by atoms with Crippen LogP contribution in [0.4, 0.5) is 4.79 Å². The lowest BCUT2D eigenvalue weighted by Crippen LogP contribution is -2.69. The molecular weight excluding hydrogens is 686 g/mol. The molecule has 2 aromatic rings. The zero-order valence-corrected chi connectivity index (χ0v) is 32.0. The first-order chi connectivity index (χ1) is 25.1. The number of carbonyl (C=O) groups is 3. The van der Waals surface area contributed by atoms with Crippen molar-refractivity contribution in [1.82, 2.24) is 20.4 Å². The van der Waals surface area contributed by atoms with Gasteiger partial charge in [-0.15, -0.1) is 0 Å². The average molecular weight is 736 g/mol. The molecule has 0 aromatic heterocycles. The van der Waals surface area contributed by atoms with Gasteiger partial charge in [0.2, 0.25) is 12.7 Å². The molecule has 286 valence electrons. The molecule has 2 N–H and O–H groups in total. The number of nitrogens with zero attached hydrogens (tertiary/aromatic N) is 3. The number of hydrogen-bond acceptors (Lipinski definition) is 13. The topological polar surface area (TPSA) is 170 Å². The van der Waals surface area contributed by atoms with Gasteiger partial charge in [0.1, 0.15) is 23.4 Å². The summed E-state index contributed by atoms with van der Waals surface area (Å²) < 4.78 is 40.9. The third-order valence-electron chi connectivity index (χ3n) is 10.4. The summed E-state index contributed by atoms with van der Waals surface area (Å²) in [5.74, 6) is 1.48. The average Bonchev–Trinajstić information content (AvgIpc) is 3.57. The maximum Gasteiger partial charge on any atom is 0.408 e. The Labute approximate surface area is 309 Å². The van der Waals surface area contributed by atoms with E-state index < -0.39 is 47.7 Å². The summed E-state index contributed by atoms with van der Waals surface area (Å²) in [4.78, 5) is 43.2. The molecule has 4 aliphatic heterocycles. The Morgan fingerprint density at radius 3 is 2.42 bits per heavy atom. The Hall–Kier alpha value is -4.78. The summed E-state index contributed by atoms with van der Waals surface area (Å²) >= 11 is 0. The fraction of sp³-hybridized carbons (Fsp3) is 0.579. The second-order valence-corrected chi connectivity index (χ2v) is 15.0. The first-order valence-corrected chi connectivity index (χ1v) is 17.7. The fourth-order valence-electron chi connectivity index (χ4n) is 8.45. The van der Waals surface area contributed by atoms with Crippen molar-refractivity contribution in [2.45, 2.75) is 103 Å². The Balaban J connectivity index is 1.51. The second-order valence-electron chi connectivity index (χ2n) is 15.0. The summed E-state index contributed by atoms with van der Waals surface area (Å²) in [7, 11) is 5.18. The molecule has 1 fully saturated rings. The molecule has 0 spiro atoms. The summed E-state index contributed by atoms with van der Waals surface area (Å²) in [5.41, 5.74) is 4.12. The Morgan fingerprint density at radius 1 is 1.06 bits per heavy atom. The van der Waals surface area contributed by atoms with Crippen LogP contribution in [0.3, 0.4) is 0 Å². The number of alkyl carbamates (subject to hydrolysis) is 1. The van der Waals surface area contributed by atoms with Crippen LogP contribution in [0.1, 0.15) is 80.1 Å². The largest absolute Gasteiger partial charge is 0.493 e. The summed E-state index contributed by atoms with van der Waals surface area (Å²) in [6.45, 7) is 11.9. The van der Waals surface area contributed by atoms with E-state index in [0.717, 1.165) is 22.3 Å². The molecule has 2 aromatic carbocycles. The molecule has 1 saturated heterocycles. The lowest BCUT2D eigenvalue weighted by molar-refractivity contribution is -0.132. The number of esters is 1. The summed E-state index contributed by atoms with van der Waals surface area (Å²) in [5, 5.41) is 16.6. The van der Waals surface area contributed by atoms with E-state index in [1.165, 1.54) is 6.92 Å². The van der Waals surface area contributed by atoms with Gasteiger partial charge in [0.15, 0.2) is 29.8 Å². The van der Waals surface area contributed by atoms with E-state index in [2.05, 4.69) is 32.6 Å². The number of aryl methyl sites for hydroxylation is 1. The van der Waals surface area contributed by atoms with Crippen molar-refractivity contribution in [1.29, 1.82) is 5.26 Å². The third kappa shape index (κ3) is 6.79. The van der Waals surface area contributed by atoms with E-state index in [1.807, 2.05) is 20.9 Å². The highest BCUT2D eigenvalue weighted by molar-refractivity contribution is 5.85. The minimum atomic E-state index is -0.940. The van der Waals surface area contributed by atoms with Crippen molar-refractivity contribution in [3.8, 4) is 34.8 Å². The van der Waals surface area contributed by atoms with E-state index in [4.69, 9.17) is 33.2 Å². The van der Waals surface area contributed by atoms with Crippen LogP contribution in [0.15, 0.2) is 6.07 Å². The molecule has 4 heterocycles. The molecule has 0 radical (unpaired) electrons. The minimum absolute atomic E-state index is 0.00636. The first-order valence-electron chi connectivity index (χ1n) is 17.7. The zero-order chi connectivity index (χ0) is 38.5. The van der Waals surface area contributed by atoms with Crippen molar-refractivity contribution >= 4 is 18.0 Å². The van der Waals surface area contributed by atoms with Gasteiger partial charge in [0.25, 0.3) is 0 Å². The van der Waals surface area contributed by atoms with Crippen molar-refractivity contribution in [2.24, 2.45) is 0 Å². The van der Waals surface area contributed by atoms with Gasteiger partial charge >= 0.3 is 12.1 Å². The van der Waals surface area contributed by atoms with E-state index in [1.54, 1.807) is 41.9 Å². The Bertz CT molecular complexity index is 1850. The van der Waals surface area contributed by atoms with Gasteiger partial charge in [-0.25, -0.2) is 4.79 Å². The molecular formula is C38H49N5O10. The van der Waals surface area contributed by atoms with Gasteiger partial charge in [0, 0.05) is 54.9 Å². The van der Waals surface area contributed by atoms with Crippen LogP contribution in [0.5, 0.6) is 28.7 Å². The van der Waals surface area contributed by atoms with Crippen LogP contribution in [0, 0.1) is 25.2 Å². The molecule has 6 atom stereocenters. The number of hydrogen-bond donors (Lipinski definition) is 2. The standard InChI is InChI=1S/C38H49N5O10/c1-18-11-22-12-24-26(14-39)43-25(30(42(24)8)28(22)34(31(18)48-10)49-16-47-9)13-23-29(35-33(50-17-51-35)19(2)32(23)52-21(4)44)27(43)15-40-36(45)20(3)41-37(46)53-38(5,6)7/h11,20,24-27,30H,12-13,15-17H2,1-10H3,(H,40,45)(H,41,46)/t20-,24+,25?,26+,27+,30-/m1/s1. The predicted octanol–water partition coefficient (Wildman–Crippen LogP) is 3.75. The number of ether oxygens (including phenoxy) is 7. The number of nitrogens with one attached hydrogen (secondary N) is 2. The van der Waals surface area contributed by atoms with Gasteiger partial charge < -0.3 is 43.8 Å². The normalized spacial score (nSPS) is 23.4. The lowest BCUT2D eigenvalue weighted by atomic mass is 9.71. The molecule has 1 unspecified atom stereocenters. The number of amides is 2.